The number of rotatable bonds is 3. The topological polar surface area (TPSA) is 47.0 Å². The van der Waals surface area contributed by atoms with E-state index in [9.17, 15) is 0 Å². The van der Waals surface area contributed by atoms with Crippen LogP contribution in [0, 0.1) is 5.92 Å². The van der Waals surface area contributed by atoms with Crippen molar-refractivity contribution in [2.45, 2.75) is 50.7 Å². The molecule has 1 aliphatic heterocycles. The third kappa shape index (κ3) is 1.79. The molecule has 4 nitrogen and oxygen atoms in total. The molecule has 3 aliphatic rings. The van der Waals surface area contributed by atoms with E-state index in [1.807, 2.05) is 0 Å². The number of aryl methyl sites for hydroxylation is 1. The van der Waals surface area contributed by atoms with E-state index in [0.717, 1.165) is 37.6 Å². The molecule has 0 radical (unpaired) electrons. The van der Waals surface area contributed by atoms with Gasteiger partial charge in [0.15, 0.2) is 0 Å². The molecule has 1 saturated carbocycles. The van der Waals surface area contributed by atoms with Crippen molar-refractivity contribution in [3.63, 3.8) is 0 Å². The average molecular weight is 245 g/mol. The third-order valence-electron chi connectivity index (χ3n) is 4.42. The second kappa shape index (κ2) is 4.19. The van der Waals surface area contributed by atoms with E-state index in [2.05, 4.69) is 15.3 Å². The molecule has 2 heterocycles. The molecule has 1 aromatic heterocycles. The second-order valence-electron chi connectivity index (χ2n) is 5.71. The predicted molar refractivity (Wildman–Crippen MR) is 68.5 cm³/mol. The maximum Gasteiger partial charge on any atom is 0.133 e. The minimum absolute atomic E-state index is 0.414. The van der Waals surface area contributed by atoms with Gasteiger partial charge in [0.1, 0.15) is 12.1 Å². The summed E-state index contributed by atoms with van der Waals surface area (Å²) >= 11 is 0. The van der Waals surface area contributed by atoms with E-state index in [1.54, 1.807) is 6.33 Å². The quantitative estimate of drug-likeness (QED) is 0.884. The fraction of sp³-hybridized carbons (Fsp3) is 0.714. The highest BCUT2D eigenvalue weighted by atomic mass is 16.5. The number of aromatic nitrogens is 2. The SMILES string of the molecule is c1nc2c(c(NC3CCOC3C3CC3)n1)CCC2. The van der Waals surface area contributed by atoms with Crippen LogP contribution >= 0.6 is 0 Å². The highest BCUT2D eigenvalue weighted by molar-refractivity contribution is 5.49. The summed E-state index contributed by atoms with van der Waals surface area (Å²) in [6.45, 7) is 0.895. The number of hydrogen-bond donors (Lipinski definition) is 1. The zero-order chi connectivity index (χ0) is 11.9. The number of hydrogen-bond acceptors (Lipinski definition) is 4. The van der Waals surface area contributed by atoms with Crippen molar-refractivity contribution in [2.75, 3.05) is 11.9 Å². The standard InChI is InChI=1S/C14H19N3O/c1-2-10-11(3-1)15-8-16-14(10)17-12-6-7-18-13(12)9-4-5-9/h8-9,12-13H,1-7H2,(H,15,16,17). The Labute approximate surface area is 107 Å². The fourth-order valence-electron chi connectivity index (χ4n) is 3.31. The molecule has 2 atom stereocenters. The van der Waals surface area contributed by atoms with Gasteiger partial charge in [0.05, 0.1) is 12.1 Å². The summed E-state index contributed by atoms with van der Waals surface area (Å²) < 4.78 is 5.88. The van der Waals surface area contributed by atoms with Crippen LogP contribution in [0.5, 0.6) is 0 Å². The Kier molecular flexibility index (Phi) is 2.50. The molecule has 0 spiro atoms. The van der Waals surface area contributed by atoms with Crippen molar-refractivity contribution >= 4 is 5.82 Å². The van der Waals surface area contributed by atoms with Gasteiger partial charge in [0.25, 0.3) is 0 Å². The first kappa shape index (κ1) is 10.7. The van der Waals surface area contributed by atoms with Crippen LogP contribution in [0.4, 0.5) is 5.82 Å². The van der Waals surface area contributed by atoms with Crippen LogP contribution in [0.25, 0.3) is 0 Å². The van der Waals surface area contributed by atoms with Crippen molar-refractivity contribution in [1.82, 2.24) is 9.97 Å². The molecule has 2 fully saturated rings. The molecule has 1 N–H and O–H groups in total. The van der Waals surface area contributed by atoms with Crippen LogP contribution in [0.1, 0.15) is 36.9 Å². The average Bonchev–Trinajstić information content (AvgIpc) is 2.93. The molecule has 0 aromatic carbocycles. The minimum atomic E-state index is 0.414. The Hall–Kier alpha value is -1.16. The zero-order valence-corrected chi connectivity index (χ0v) is 10.6. The highest BCUT2D eigenvalue weighted by Crippen LogP contribution is 2.40. The van der Waals surface area contributed by atoms with E-state index < -0.39 is 0 Å². The molecule has 1 aromatic rings. The molecule has 2 aliphatic carbocycles. The van der Waals surface area contributed by atoms with Crippen molar-refractivity contribution < 1.29 is 4.74 Å². The van der Waals surface area contributed by atoms with Crippen LogP contribution in [0.2, 0.25) is 0 Å². The van der Waals surface area contributed by atoms with Gasteiger partial charge in [-0.3, -0.25) is 0 Å². The van der Waals surface area contributed by atoms with Crippen LogP contribution in [0.15, 0.2) is 6.33 Å². The van der Waals surface area contributed by atoms with Crippen LogP contribution in [0.3, 0.4) is 0 Å². The van der Waals surface area contributed by atoms with Crippen LogP contribution in [-0.4, -0.2) is 28.7 Å². The summed E-state index contributed by atoms with van der Waals surface area (Å²) in [6.07, 6.45) is 9.36. The maximum absolute atomic E-state index is 5.88. The Morgan fingerprint density at radius 3 is 3.00 bits per heavy atom. The lowest BCUT2D eigenvalue weighted by molar-refractivity contribution is 0.0898. The van der Waals surface area contributed by atoms with E-state index in [-0.39, 0.29) is 0 Å². The van der Waals surface area contributed by atoms with Gasteiger partial charge >= 0.3 is 0 Å². The number of nitrogens with one attached hydrogen (secondary N) is 1. The van der Waals surface area contributed by atoms with E-state index in [4.69, 9.17) is 4.74 Å². The summed E-state index contributed by atoms with van der Waals surface area (Å²) in [6, 6.07) is 0.456. The number of nitrogens with zero attached hydrogens (tertiary/aromatic N) is 2. The van der Waals surface area contributed by atoms with Gasteiger partial charge in [-0.05, 0) is 44.4 Å². The first-order chi connectivity index (χ1) is 8.92. The predicted octanol–water partition coefficient (Wildman–Crippen LogP) is 1.94. The zero-order valence-electron chi connectivity index (χ0n) is 10.6. The minimum Gasteiger partial charge on any atom is -0.376 e. The first-order valence-electron chi connectivity index (χ1n) is 7.13. The van der Waals surface area contributed by atoms with E-state index >= 15 is 0 Å². The van der Waals surface area contributed by atoms with Crippen molar-refractivity contribution in [2.24, 2.45) is 5.92 Å². The van der Waals surface area contributed by atoms with Gasteiger partial charge in [-0.2, -0.15) is 0 Å². The summed E-state index contributed by atoms with van der Waals surface area (Å²) in [5.41, 5.74) is 2.59. The molecule has 0 bridgehead atoms. The van der Waals surface area contributed by atoms with Crippen LogP contribution < -0.4 is 5.32 Å². The summed E-state index contributed by atoms with van der Waals surface area (Å²) in [4.78, 5) is 8.83. The van der Waals surface area contributed by atoms with Crippen molar-refractivity contribution in [3.05, 3.63) is 17.6 Å². The number of fused-ring (bicyclic) bond motifs is 1. The smallest absolute Gasteiger partial charge is 0.133 e. The van der Waals surface area contributed by atoms with Crippen LogP contribution in [-0.2, 0) is 17.6 Å². The largest absolute Gasteiger partial charge is 0.376 e. The summed E-state index contributed by atoms with van der Waals surface area (Å²) in [7, 11) is 0. The van der Waals surface area contributed by atoms with E-state index in [0.29, 0.717) is 12.1 Å². The van der Waals surface area contributed by atoms with Gasteiger partial charge in [0, 0.05) is 17.9 Å². The summed E-state index contributed by atoms with van der Waals surface area (Å²) in [5.74, 6) is 1.86. The maximum atomic E-state index is 5.88. The lowest BCUT2D eigenvalue weighted by atomic mass is 10.1. The normalized spacial score (nSPS) is 30.4. The Bertz CT molecular complexity index is 458. The fourth-order valence-corrected chi connectivity index (χ4v) is 3.31. The summed E-state index contributed by atoms with van der Waals surface area (Å²) in [5, 5.41) is 3.64. The molecule has 0 amide bonds. The Balaban J connectivity index is 1.55. The molecule has 2 unspecified atom stereocenters. The number of ether oxygens (including phenoxy) is 1. The Morgan fingerprint density at radius 2 is 2.11 bits per heavy atom. The molecule has 18 heavy (non-hydrogen) atoms. The van der Waals surface area contributed by atoms with Crippen molar-refractivity contribution in [1.29, 1.82) is 0 Å². The second-order valence-corrected chi connectivity index (χ2v) is 5.71. The molecule has 4 heteroatoms. The monoisotopic (exact) mass is 245 g/mol. The number of anilines is 1. The molecule has 96 valence electrons. The van der Waals surface area contributed by atoms with Gasteiger partial charge in [-0.1, -0.05) is 0 Å². The molecular weight excluding hydrogens is 226 g/mol. The first-order valence-corrected chi connectivity index (χ1v) is 7.13. The molecular formula is C14H19N3O. The van der Waals surface area contributed by atoms with Crippen molar-refractivity contribution in [3.8, 4) is 0 Å². The lowest BCUT2D eigenvalue weighted by Gasteiger charge is -2.21. The lowest BCUT2D eigenvalue weighted by Crippen LogP contribution is -2.31. The highest BCUT2D eigenvalue weighted by Gasteiger charge is 2.41. The Morgan fingerprint density at radius 1 is 1.17 bits per heavy atom. The van der Waals surface area contributed by atoms with Gasteiger partial charge in [-0.25, -0.2) is 9.97 Å². The van der Waals surface area contributed by atoms with Gasteiger partial charge in [0.2, 0.25) is 0 Å². The van der Waals surface area contributed by atoms with Gasteiger partial charge < -0.3 is 10.1 Å². The van der Waals surface area contributed by atoms with Gasteiger partial charge in [-0.15, -0.1) is 0 Å². The molecule has 4 rings (SSSR count). The van der Waals surface area contributed by atoms with E-state index in [1.165, 1.54) is 30.5 Å². The molecule has 1 saturated heterocycles. The third-order valence-corrected chi connectivity index (χ3v) is 4.42.